The van der Waals surface area contributed by atoms with E-state index in [2.05, 4.69) is 9.97 Å². The van der Waals surface area contributed by atoms with E-state index in [1.54, 1.807) is 12.4 Å². The first-order chi connectivity index (χ1) is 11.9. The SMILES string of the molecule is c1cnc2c(c1)c1c(c3cccnc32)OCCOCCOCCO1. The fraction of sp³-hybridized carbons (Fsp3) is 0.333. The lowest BCUT2D eigenvalue weighted by Crippen LogP contribution is -2.16. The Bertz CT molecular complexity index is 782. The van der Waals surface area contributed by atoms with Gasteiger partial charge in [0.25, 0.3) is 0 Å². The number of fused-ring (bicyclic) bond motifs is 6. The van der Waals surface area contributed by atoms with Gasteiger partial charge in [-0.05, 0) is 24.3 Å². The first kappa shape index (κ1) is 15.1. The summed E-state index contributed by atoms with van der Waals surface area (Å²) in [4.78, 5) is 8.99. The number of benzene rings is 1. The maximum absolute atomic E-state index is 6.02. The van der Waals surface area contributed by atoms with Gasteiger partial charge in [-0.2, -0.15) is 0 Å². The lowest BCUT2D eigenvalue weighted by Gasteiger charge is -2.18. The van der Waals surface area contributed by atoms with Crippen LogP contribution in [0.15, 0.2) is 36.7 Å². The van der Waals surface area contributed by atoms with E-state index >= 15 is 0 Å². The molecule has 4 rings (SSSR count). The summed E-state index contributed by atoms with van der Waals surface area (Å²) in [6.07, 6.45) is 3.52. The van der Waals surface area contributed by atoms with Crippen molar-refractivity contribution >= 4 is 21.8 Å². The van der Waals surface area contributed by atoms with E-state index in [1.165, 1.54) is 0 Å². The van der Waals surface area contributed by atoms with Crippen molar-refractivity contribution in [1.82, 2.24) is 9.97 Å². The molecule has 0 saturated heterocycles. The van der Waals surface area contributed by atoms with E-state index in [-0.39, 0.29) is 0 Å². The second-order valence-corrected chi connectivity index (χ2v) is 5.38. The van der Waals surface area contributed by atoms with Crippen LogP contribution in [0.3, 0.4) is 0 Å². The molecule has 0 radical (unpaired) electrons. The van der Waals surface area contributed by atoms with Crippen molar-refractivity contribution in [3.05, 3.63) is 36.7 Å². The molecule has 0 spiro atoms. The van der Waals surface area contributed by atoms with Crippen LogP contribution in [-0.4, -0.2) is 49.6 Å². The van der Waals surface area contributed by atoms with Gasteiger partial charge >= 0.3 is 0 Å². The molecular weight excluding hydrogens is 308 g/mol. The molecule has 0 aliphatic carbocycles. The molecule has 1 aromatic carbocycles. The molecule has 0 unspecified atom stereocenters. The van der Waals surface area contributed by atoms with Gasteiger partial charge in [0.05, 0.1) is 26.4 Å². The predicted molar refractivity (Wildman–Crippen MR) is 89.7 cm³/mol. The van der Waals surface area contributed by atoms with E-state index < -0.39 is 0 Å². The van der Waals surface area contributed by atoms with Crippen molar-refractivity contribution in [3.8, 4) is 11.5 Å². The van der Waals surface area contributed by atoms with Gasteiger partial charge < -0.3 is 18.9 Å². The summed E-state index contributed by atoms with van der Waals surface area (Å²) < 4.78 is 23.1. The average molecular weight is 326 g/mol. The molecule has 6 nitrogen and oxygen atoms in total. The van der Waals surface area contributed by atoms with E-state index in [0.29, 0.717) is 51.1 Å². The van der Waals surface area contributed by atoms with Crippen molar-refractivity contribution in [2.24, 2.45) is 0 Å². The van der Waals surface area contributed by atoms with Gasteiger partial charge in [-0.25, -0.2) is 0 Å². The highest BCUT2D eigenvalue weighted by molar-refractivity contribution is 6.09. The number of ether oxygens (including phenoxy) is 4. The quantitative estimate of drug-likeness (QED) is 0.592. The van der Waals surface area contributed by atoms with Crippen molar-refractivity contribution in [2.75, 3.05) is 39.6 Å². The first-order valence-corrected chi connectivity index (χ1v) is 8.01. The van der Waals surface area contributed by atoms with Crippen LogP contribution in [0.5, 0.6) is 11.5 Å². The molecule has 124 valence electrons. The molecule has 0 saturated carbocycles. The van der Waals surface area contributed by atoms with Gasteiger partial charge in [0.1, 0.15) is 24.2 Å². The fourth-order valence-corrected chi connectivity index (χ4v) is 2.81. The zero-order chi connectivity index (χ0) is 16.2. The Morgan fingerprint density at radius 3 is 1.58 bits per heavy atom. The zero-order valence-corrected chi connectivity index (χ0v) is 13.2. The summed E-state index contributed by atoms with van der Waals surface area (Å²) in [6, 6.07) is 7.72. The molecule has 3 heterocycles. The Morgan fingerprint density at radius 1 is 0.625 bits per heavy atom. The first-order valence-electron chi connectivity index (χ1n) is 8.01. The van der Waals surface area contributed by atoms with Crippen LogP contribution in [0.2, 0.25) is 0 Å². The van der Waals surface area contributed by atoms with E-state index in [0.717, 1.165) is 21.8 Å². The topological polar surface area (TPSA) is 62.7 Å². The van der Waals surface area contributed by atoms with Crippen LogP contribution < -0.4 is 9.47 Å². The molecule has 0 N–H and O–H groups in total. The Balaban J connectivity index is 1.90. The molecule has 0 atom stereocenters. The molecule has 6 heteroatoms. The highest BCUT2D eigenvalue weighted by Crippen LogP contribution is 2.42. The Kier molecular flexibility index (Phi) is 4.40. The Labute approximate surface area is 139 Å². The molecule has 1 aliphatic heterocycles. The minimum absolute atomic E-state index is 0.437. The lowest BCUT2D eigenvalue weighted by atomic mass is 10.1. The second-order valence-electron chi connectivity index (χ2n) is 5.38. The van der Waals surface area contributed by atoms with Gasteiger partial charge in [0.2, 0.25) is 0 Å². The summed E-state index contributed by atoms with van der Waals surface area (Å²) in [6.45, 7) is 2.98. The summed E-state index contributed by atoms with van der Waals surface area (Å²) in [5, 5.41) is 1.77. The number of hydrogen-bond donors (Lipinski definition) is 0. The second kappa shape index (κ2) is 6.98. The smallest absolute Gasteiger partial charge is 0.171 e. The number of rotatable bonds is 0. The van der Waals surface area contributed by atoms with Crippen molar-refractivity contribution in [1.29, 1.82) is 0 Å². The molecule has 1 aliphatic rings. The van der Waals surface area contributed by atoms with Crippen LogP contribution in [0.25, 0.3) is 21.8 Å². The van der Waals surface area contributed by atoms with Crippen LogP contribution in [-0.2, 0) is 9.47 Å². The van der Waals surface area contributed by atoms with Crippen LogP contribution in [0.1, 0.15) is 0 Å². The number of aromatic nitrogens is 2. The van der Waals surface area contributed by atoms with Crippen molar-refractivity contribution in [2.45, 2.75) is 0 Å². The number of hydrogen-bond acceptors (Lipinski definition) is 6. The van der Waals surface area contributed by atoms with Gasteiger partial charge in [0.15, 0.2) is 11.5 Å². The minimum Gasteiger partial charge on any atom is -0.487 e. The van der Waals surface area contributed by atoms with Crippen LogP contribution in [0, 0.1) is 0 Å². The van der Waals surface area contributed by atoms with E-state index in [1.807, 2.05) is 24.3 Å². The molecule has 3 aromatic rings. The third kappa shape index (κ3) is 2.86. The fourth-order valence-electron chi connectivity index (χ4n) is 2.81. The zero-order valence-electron chi connectivity index (χ0n) is 13.2. The Morgan fingerprint density at radius 2 is 1.08 bits per heavy atom. The molecular formula is C18H18N2O4. The summed E-state index contributed by atoms with van der Waals surface area (Å²) in [7, 11) is 0. The molecule has 2 aromatic heterocycles. The number of nitrogens with zero attached hydrogens (tertiary/aromatic N) is 2. The maximum Gasteiger partial charge on any atom is 0.171 e. The van der Waals surface area contributed by atoms with Gasteiger partial charge in [0, 0.05) is 23.2 Å². The summed E-state index contributed by atoms with van der Waals surface area (Å²) >= 11 is 0. The summed E-state index contributed by atoms with van der Waals surface area (Å²) in [5.41, 5.74) is 1.61. The third-order valence-corrected chi connectivity index (χ3v) is 3.86. The van der Waals surface area contributed by atoms with E-state index in [9.17, 15) is 0 Å². The van der Waals surface area contributed by atoms with Crippen molar-refractivity contribution < 1.29 is 18.9 Å². The maximum atomic E-state index is 6.02. The van der Waals surface area contributed by atoms with Crippen molar-refractivity contribution in [3.63, 3.8) is 0 Å². The molecule has 0 fully saturated rings. The molecule has 24 heavy (non-hydrogen) atoms. The van der Waals surface area contributed by atoms with E-state index in [4.69, 9.17) is 18.9 Å². The molecule has 0 amide bonds. The largest absolute Gasteiger partial charge is 0.487 e. The third-order valence-electron chi connectivity index (χ3n) is 3.86. The normalized spacial score (nSPS) is 16.5. The highest BCUT2D eigenvalue weighted by atomic mass is 16.6. The number of pyridine rings is 2. The summed E-state index contributed by atoms with van der Waals surface area (Å²) in [5.74, 6) is 1.37. The van der Waals surface area contributed by atoms with Gasteiger partial charge in [-0.15, -0.1) is 0 Å². The van der Waals surface area contributed by atoms with Gasteiger partial charge in [-0.3, -0.25) is 9.97 Å². The lowest BCUT2D eigenvalue weighted by molar-refractivity contribution is 0.0228. The van der Waals surface area contributed by atoms with Crippen LogP contribution >= 0.6 is 0 Å². The highest BCUT2D eigenvalue weighted by Gasteiger charge is 2.18. The predicted octanol–water partition coefficient (Wildman–Crippen LogP) is 2.59. The molecule has 0 bridgehead atoms. The van der Waals surface area contributed by atoms with Crippen LogP contribution in [0.4, 0.5) is 0 Å². The monoisotopic (exact) mass is 326 g/mol. The standard InChI is InChI=1S/C18H18N2O4/c1-3-13-15(19-5-1)16-14(4-2-6-20-16)18-17(13)23-11-9-21-7-8-22-10-12-24-18/h1-6H,7-12H2. The Hall–Kier alpha value is -2.44. The minimum atomic E-state index is 0.437. The average Bonchev–Trinajstić information content (AvgIpc) is 2.62. The van der Waals surface area contributed by atoms with Gasteiger partial charge in [-0.1, -0.05) is 0 Å².